The molecule has 1 heterocycles. The molecule has 0 saturated carbocycles. The lowest BCUT2D eigenvalue weighted by Gasteiger charge is -2.14. The molecule has 6 heteroatoms. The topological polar surface area (TPSA) is 65.9 Å². The average Bonchev–Trinajstić information content (AvgIpc) is 2.98. The van der Waals surface area contributed by atoms with Gasteiger partial charge < -0.3 is 20.5 Å². The minimum absolute atomic E-state index is 0.427. The Morgan fingerprint density at radius 3 is 2.91 bits per heavy atom. The minimum Gasteiger partial charge on any atom is -0.386 e. The third kappa shape index (κ3) is 4.69. The highest BCUT2D eigenvalue weighted by Crippen LogP contribution is 2.29. The van der Waals surface area contributed by atoms with Gasteiger partial charge in [-0.25, -0.2) is 0 Å². The van der Waals surface area contributed by atoms with Crippen molar-refractivity contribution in [3.63, 3.8) is 0 Å². The van der Waals surface area contributed by atoms with Crippen molar-refractivity contribution < 1.29 is 9.84 Å². The highest BCUT2D eigenvalue weighted by molar-refractivity contribution is 7.19. The lowest BCUT2D eigenvalue weighted by atomic mass is 10.2. The van der Waals surface area contributed by atoms with E-state index in [4.69, 9.17) is 4.74 Å². The largest absolute Gasteiger partial charge is 0.386 e. The second-order valence-electron chi connectivity index (χ2n) is 4.93. The number of aliphatic hydroxyl groups excluding tert-OH is 1. The first kappa shape index (κ1) is 16.7. The van der Waals surface area contributed by atoms with Crippen LogP contribution in [-0.2, 0) is 4.74 Å². The summed E-state index contributed by atoms with van der Waals surface area (Å²) in [5, 5.41) is 17.8. The number of thiophene rings is 1. The van der Waals surface area contributed by atoms with Gasteiger partial charge in [-0.05, 0) is 23.9 Å². The van der Waals surface area contributed by atoms with E-state index in [1.807, 2.05) is 18.2 Å². The van der Waals surface area contributed by atoms with Crippen molar-refractivity contribution in [1.82, 2.24) is 10.6 Å². The molecule has 22 heavy (non-hydrogen) atoms. The van der Waals surface area contributed by atoms with Crippen LogP contribution >= 0.6 is 11.3 Å². The van der Waals surface area contributed by atoms with E-state index in [9.17, 15) is 5.11 Å². The molecule has 1 aromatic carbocycles. The fraction of sp³-hybridized carbons (Fsp3) is 0.438. The Labute approximate surface area is 135 Å². The predicted molar refractivity (Wildman–Crippen MR) is 92.6 cm³/mol. The monoisotopic (exact) mass is 321 g/mol. The fourth-order valence-electron chi connectivity index (χ4n) is 2.10. The van der Waals surface area contributed by atoms with Crippen LogP contribution in [-0.4, -0.2) is 44.9 Å². The van der Waals surface area contributed by atoms with Gasteiger partial charge in [0.1, 0.15) is 6.10 Å². The van der Waals surface area contributed by atoms with E-state index in [2.05, 4.69) is 27.8 Å². The highest BCUT2D eigenvalue weighted by atomic mass is 32.1. The maximum atomic E-state index is 10.3. The number of aliphatic hydroxyl groups is 1. The van der Waals surface area contributed by atoms with Crippen LogP contribution in [0.5, 0.6) is 0 Å². The number of methoxy groups -OCH3 is 1. The second kappa shape index (κ2) is 8.73. The molecule has 1 atom stereocenters. The lowest BCUT2D eigenvalue weighted by Crippen LogP contribution is -2.39. The number of ether oxygens (including phenoxy) is 1. The Balaban J connectivity index is 1.84. The number of fused-ring (bicyclic) bond motifs is 1. The van der Waals surface area contributed by atoms with E-state index in [0.29, 0.717) is 19.1 Å². The Hall–Kier alpha value is -1.63. The summed E-state index contributed by atoms with van der Waals surface area (Å²) < 4.78 is 6.20. The van der Waals surface area contributed by atoms with Crippen molar-refractivity contribution in [3.05, 3.63) is 35.2 Å². The van der Waals surface area contributed by atoms with Gasteiger partial charge >= 0.3 is 0 Å². The summed E-state index contributed by atoms with van der Waals surface area (Å²) in [6, 6.07) is 10.2. The van der Waals surface area contributed by atoms with Crippen LogP contribution in [0.1, 0.15) is 17.4 Å². The number of hydrogen-bond donors (Lipinski definition) is 3. The van der Waals surface area contributed by atoms with Gasteiger partial charge in [0.05, 0.1) is 0 Å². The summed E-state index contributed by atoms with van der Waals surface area (Å²) in [5.74, 6) is 0.691. The van der Waals surface area contributed by atoms with Crippen molar-refractivity contribution >= 4 is 27.4 Å². The van der Waals surface area contributed by atoms with Crippen LogP contribution < -0.4 is 10.6 Å². The smallest absolute Gasteiger partial charge is 0.191 e. The first-order chi connectivity index (χ1) is 10.7. The molecule has 0 radical (unpaired) electrons. The van der Waals surface area contributed by atoms with Gasteiger partial charge in [0.25, 0.3) is 0 Å². The number of hydrogen-bond acceptors (Lipinski definition) is 4. The molecule has 0 bridgehead atoms. The molecule has 0 fully saturated rings. The maximum Gasteiger partial charge on any atom is 0.191 e. The SMILES string of the molecule is CN=C(NCCCOC)NCC(O)c1cc2ccccc2s1. The first-order valence-electron chi connectivity index (χ1n) is 7.34. The van der Waals surface area contributed by atoms with Gasteiger partial charge in [-0.15, -0.1) is 11.3 Å². The van der Waals surface area contributed by atoms with Crippen molar-refractivity contribution in [3.8, 4) is 0 Å². The van der Waals surface area contributed by atoms with Gasteiger partial charge in [0, 0.05) is 43.4 Å². The standard InChI is InChI=1S/C16H23N3O2S/c1-17-16(18-8-5-9-21-2)19-11-13(20)15-10-12-6-3-4-7-14(12)22-15/h3-4,6-7,10,13,20H,5,8-9,11H2,1-2H3,(H2,17,18,19). The van der Waals surface area contributed by atoms with E-state index in [0.717, 1.165) is 17.8 Å². The Morgan fingerprint density at radius 1 is 1.36 bits per heavy atom. The van der Waals surface area contributed by atoms with Crippen LogP contribution in [0.15, 0.2) is 35.3 Å². The Morgan fingerprint density at radius 2 is 2.18 bits per heavy atom. The molecule has 2 rings (SSSR count). The molecular formula is C16H23N3O2S. The fourth-order valence-corrected chi connectivity index (χ4v) is 3.16. The van der Waals surface area contributed by atoms with E-state index >= 15 is 0 Å². The number of guanidine groups is 1. The van der Waals surface area contributed by atoms with Crippen molar-refractivity contribution in [2.24, 2.45) is 4.99 Å². The van der Waals surface area contributed by atoms with Gasteiger partial charge in [0.2, 0.25) is 0 Å². The van der Waals surface area contributed by atoms with E-state index < -0.39 is 6.10 Å². The van der Waals surface area contributed by atoms with Gasteiger partial charge in [0.15, 0.2) is 5.96 Å². The van der Waals surface area contributed by atoms with Gasteiger partial charge in [-0.1, -0.05) is 18.2 Å². The number of benzene rings is 1. The molecule has 2 aromatic rings. The van der Waals surface area contributed by atoms with Crippen LogP contribution in [0, 0.1) is 0 Å². The van der Waals surface area contributed by atoms with Crippen molar-refractivity contribution in [2.45, 2.75) is 12.5 Å². The maximum absolute atomic E-state index is 10.3. The van der Waals surface area contributed by atoms with Gasteiger partial charge in [-0.2, -0.15) is 0 Å². The van der Waals surface area contributed by atoms with Crippen LogP contribution in [0.25, 0.3) is 10.1 Å². The molecule has 0 amide bonds. The molecule has 0 aliphatic carbocycles. The van der Waals surface area contributed by atoms with E-state index in [1.54, 1.807) is 25.5 Å². The molecule has 3 N–H and O–H groups in total. The molecule has 5 nitrogen and oxygen atoms in total. The Bertz CT molecular complexity index is 579. The van der Waals surface area contributed by atoms with Crippen LogP contribution in [0.2, 0.25) is 0 Å². The number of aliphatic imine (C=N–C) groups is 1. The van der Waals surface area contributed by atoms with E-state index in [-0.39, 0.29) is 0 Å². The number of nitrogens with zero attached hydrogens (tertiary/aromatic N) is 1. The van der Waals surface area contributed by atoms with E-state index in [1.165, 1.54) is 10.1 Å². The predicted octanol–water partition coefficient (Wildman–Crippen LogP) is 2.14. The molecule has 0 spiro atoms. The number of nitrogens with one attached hydrogen (secondary N) is 2. The zero-order chi connectivity index (χ0) is 15.8. The van der Waals surface area contributed by atoms with Crippen LogP contribution in [0.4, 0.5) is 0 Å². The summed E-state index contributed by atoms with van der Waals surface area (Å²) in [5.41, 5.74) is 0. The average molecular weight is 321 g/mol. The quantitative estimate of drug-likeness (QED) is 0.415. The molecule has 120 valence electrons. The zero-order valence-corrected chi connectivity index (χ0v) is 13.8. The molecular weight excluding hydrogens is 298 g/mol. The third-order valence-corrected chi connectivity index (χ3v) is 4.49. The zero-order valence-electron chi connectivity index (χ0n) is 13.0. The molecule has 0 aliphatic heterocycles. The van der Waals surface area contributed by atoms with Crippen LogP contribution in [0.3, 0.4) is 0 Å². The van der Waals surface area contributed by atoms with Crippen molar-refractivity contribution in [2.75, 3.05) is 33.9 Å². The summed E-state index contributed by atoms with van der Waals surface area (Å²) in [6.07, 6.45) is 0.366. The minimum atomic E-state index is -0.546. The number of rotatable bonds is 7. The summed E-state index contributed by atoms with van der Waals surface area (Å²) >= 11 is 1.62. The molecule has 0 aliphatic rings. The van der Waals surface area contributed by atoms with Crippen molar-refractivity contribution in [1.29, 1.82) is 0 Å². The first-order valence-corrected chi connectivity index (χ1v) is 8.16. The lowest BCUT2D eigenvalue weighted by molar-refractivity contribution is 0.184. The molecule has 1 unspecified atom stereocenters. The summed E-state index contributed by atoms with van der Waals surface area (Å²) in [6.45, 7) is 1.93. The Kier molecular flexibility index (Phi) is 6.64. The van der Waals surface area contributed by atoms with Gasteiger partial charge in [-0.3, -0.25) is 4.99 Å². The second-order valence-corrected chi connectivity index (χ2v) is 6.04. The molecule has 0 saturated heterocycles. The highest BCUT2D eigenvalue weighted by Gasteiger charge is 2.11. The molecule has 1 aromatic heterocycles. The normalized spacial score (nSPS) is 13.3. The summed E-state index contributed by atoms with van der Waals surface area (Å²) in [7, 11) is 3.41. The summed E-state index contributed by atoms with van der Waals surface area (Å²) in [4.78, 5) is 5.10. The third-order valence-electron chi connectivity index (χ3n) is 3.28.